The van der Waals surface area contributed by atoms with Crippen molar-refractivity contribution >= 4 is 11.6 Å². The maximum absolute atomic E-state index is 12.0. The molecule has 0 aromatic heterocycles. The van der Waals surface area contributed by atoms with Gasteiger partial charge in [-0.05, 0) is 43.5 Å². The van der Waals surface area contributed by atoms with Crippen LogP contribution < -0.4 is 10.1 Å². The molecule has 0 fully saturated rings. The maximum Gasteiger partial charge on any atom is 0.227 e. The van der Waals surface area contributed by atoms with Gasteiger partial charge in [0.05, 0.1) is 6.61 Å². The minimum atomic E-state index is -0.00626. The van der Waals surface area contributed by atoms with Crippen LogP contribution in [-0.4, -0.2) is 24.2 Å². The number of nitrogens with one attached hydrogen (secondary N) is 1. The largest absolute Gasteiger partial charge is 0.491 e. The van der Waals surface area contributed by atoms with Crippen LogP contribution in [0.3, 0.4) is 0 Å². The first-order valence-electron chi connectivity index (χ1n) is 6.59. The number of carbonyl (C=O) groups is 1. The fourth-order valence-electron chi connectivity index (χ4n) is 2.07. The van der Waals surface area contributed by atoms with E-state index in [0.29, 0.717) is 5.75 Å². The molecule has 1 aromatic carbocycles. The fraction of sp³-hybridized carbons (Fsp3) is 0.400. The number of carbonyl (C=O) groups excluding carboxylic acids is 1. The summed E-state index contributed by atoms with van der Waals surface area (Å²) in [5, 5.41) is 11.6. The number of hydrogen-bond donors (Lipinski definition) is 2. The molecule has 19 heavy (non-hydrogen) atoms. The third-order valence-electron chi connectivity index (χ3n) is 3.12. The van der Waals surface area contributed by atoms with Gasteiger partial charge in [0.25, 0.3) is 0 Å². The van der Waals surface area contributed by atoms with Crippen molar-refractivity contribution < 1.29 is 14.6 Å². The number of rotatable bonds is 5. The van der Waals surface area contributed by atoms with Crippen molar-refractivity contribution in [3.05, 3.63) is 36.4 Å². The van der Waals surface area contributed by atoms with Crippen LogP contribution in [0.1, 0.15) is 19.3 Å². The highest BCUT2D eigenvalue weighted by Gasteiger charge is 2.18. The zero-order valence-electron chi connectivity index (χ0n) is 10.8. The molecule has 1 aliphatic rings. The molecule has 1 aliphatic carbocycles. The number of allylic oxidation sites excluding steroid dienone is 2. The zero-order chi connectivity index (χ0) is 13.5. The standard InChI is InChI=1S/C15H19NO3/c17-10-11-19-14-8-6-13(7-9-14)16-15(18)12-4-2-1-3-5-12/h1-2,6-9,12,17H,3-5,10-11H2,(H,16,18). The van der Waals surface area contributed by atoms with Gasteiger partial charge < -0.3 is 15.2 Å². The first-order valence-corrected chi connectivity index (χ1v) is 6.59. The summed E-state index contributed by atoms with van der Waals surface area (Å²) in [5.74, 6) is 0.844. The van der Waals surface area contributed by atoms with Gasteiger partial charge in [0.1, 0.15) is 12.4 Å². The van der Waals surface area contributed by atoms with Crippen LogP contribution in [0.25, 0.3) is 0 Å². The molecule has 0 radical (unpaired) electrons. The van der Waals surface area contributed by atoms with Gasteiger partial charge in [0.2, 0.25) is 5.91 Å². The Labute approximate surface area is 113 Å². The van der Waals surface area contributed by atoms with Gasteiger partial charge in [-0.3, -0.25) is 4.79 Å². The van der Waals surface area contributed by atoms with E-state index in [1.807, 2.05) is 12.1 Å². The molecule has 1 unspecified atom stereocenters. The highest BCUT2D eigenvalue weighted by Crippen LogP contribution is 2.21. The minimum absolute atomic E-state index is 0.00626. The Hall–Kier alpha value is -1.81. The van der Waals surface area contributed by atoms with Crippen LogP contribution in [0, 0.1) is 5.92 Å². The normalized spacial score (nSPS) is 18.1. The summed E-state index contributed by atoms with van der Waals surface area (Å²) in [5.41, 5.74) is 0.774. The summed E-state index contributed by atoms with van der Waals surface area (Å²) in [6.45, 7) is 0.272. The second-order valence-corrected chi connectivity index (χ2v) is 4.57. The predicted octanol–water partition coefficient (Wildman–Crippen LogP) is 2.35. The van der Waals surface area contributed by atoms with Crippen molar-refractivity contribution in [1.29, 1.82) is 0 Å². The molecule has 0 saturated heterocycles. The lowest BCUT2D eigenvalue weighted by molar-refractivity contribution is -0.120. The fourth-order valence-corrected chi connectivity index (χ4v) is 2.07. The molecule has 0 saturated carbocycles. The van der Waals surface area contributed by atoms with Crippen molar-refractivity contribution in [2.45, 2.75) is 19.3 Å². The molecular weight excluding hydrogens is 242 g/mol. The predicted molar refractivity (Wildman–Crippen MR) is 74.1 cm³/mol. The number of amides is 1. The monoisotopic (exact) mass is 261 g/mol. The van der Waals surface area contributed by atoms with Gasteiger partial charge in [-0.15, -0.1) is 0 Å². The van der Waals surface area contributed by atoms with Crippen molar-refractivity contribution in [2.24, 2.45) is 5.92 Å². The molecule has 0 heterocycles. The van der Waals surface area contributed by atoms with Crippen molar-refractivity contribution in [1.82, 2.24) is 0 Å². The van der Waals surface area contributed by atoms with Gasteiger partial charge in [-0.1, -0.05) is 12.2 Å². The zero-order valence-corrected chi connectivity index (χ0v) is 10.8. The molecule has 4 heteroatoms. The summed E-state index contributed by atoms with van der Waals surface area (Å²) in [6, 6.07) is 7.19. The Bertz CT molecular complexity index is 439. The van der Waals surface area contributed by atoms with Gasteiger partial charge >= 0.3 is 0 Å². The molecule has 1 aromatic rings. The Kier molecular flexibility index (Phi) is 4.98. The van der Waals surface area contributed by atoms with E-state index in [9.17, 15) is 4.79 Å². The van der Waals surface area contributed by atoms with Crippen LogP contribution in [0.15, 0.2) is 36.4 Å². The number of ether oxygens (including phenoxy) is 1. The number of benzene rings is 1. The third kappa shape index (κ3) is 4.10. The quantitative estimate of drug-likeness (QED) is 0.800. The number of hydrogen-bond acceptors (Lipinski definition) is 3. The number of aliphatic hydroxyl groups excluding tert-OH is 1. The molecule has 0 aliphatic heterocycles. The summed E-state index contributed by atoms with van der Waals surface area (Å²) in [7, 11) is 0. The van der Waals surface area contributed by atoms with Crippen LogP contribution in [-0.2, 0) is 4.79 Å². The molecule has 4 nitrogen and oxygen atoms in total. The lowest BCUT2D eigenvalue weighted by Gasteiger charge is -2.17. The third-order valence-corrected chi connectivity index (χ3v) is 3.12. The molecular formula is C15H19NO3. The Morgan fingerprint density at radius 3 is 2.74 bits per heavy atom. The van der Waals surface area contributed by atoms with E-state index in [4.69, 9.17) is 9.84 Å². The second kappa shape index (κ2) is 6.95. The Morgan fingerprint density at radius 1 is 1.32 bits per heavy atom. The van der Waals surface area contributed by atoms with Crippen molar-refractivity contribution in [3.8, 4) is 5.75 Å². The molecule has 2 rings (SSSR count). The molecule has 102 valence electrons. The van der Waals surface area contributed by atoms with E-state index in [1.54, 1.807) is 12.1 Å². The van der Waals surface area contributed by atoms with Gasteiger partial charge in [-0.2, -0.15) is 0 Å². The van der Waals surface area contributed by atoms with E-state index in [1.165, 1.54) is 0 Å². The summed E-state index contributed by atoms with van der Waals surface area (Å²) < 4.78 is 5.26. The molecule has 0 spiro atoms. The second-order valence-electron chi connectivity index (χ2n) is 4.57. The molecule has 1 amide bonds. The molecule has 1 atom stereocenters. The average molecular weight is 261 g/mol. The highest BCUT2D eigenvalue weighted by molar-refractivity contribution is 5.92. The van der Waals surface area contributed by atoms with Gasteiger partial charge in [0, 0.05) is 11.6 Å². The summed E-state index contributed by atoms with van der Waals surface area (Å²) in [6.07, 6.45) is 6.91. The highest BCUT2D eigenvalue weighted by atomic mass is 16.5. The lowest BCUT2D eigenvalue weighted by atomic mass is 9.93. The minimum Gasteiger partial charge on any atom is -0.491 e. The summed E-state index contributed by atoms with van der Waals surface area (Å²) >= 11 is 0. The van der Waals surface area contributed by atoms with E-state index >= 15 is 0 Å². The number of anilines is 1. The van der Waals surface area contributed by atoms with Crippen molar-refractivity contribution in [2.75, 3.05) is 18.5 Å². The Morgan fingerprint density at radius 2 is 2.11 bits per heavy atom. The first kappa shape index (κ1) is 13.6. The van der Waals surface area contributed by atoms with E-state index in [-0.39, 0.29) is 25.0 Å². The molecule has 0 bridgehead atoms. The van der Waals surface area contributed by atoms with Gasteiger partial charge in [0.15, 0.2) is 0 Å². The number of aliphatic hydroxyl groups is 1. The average Bonchev–Trinajstić information content (AvgIpc) is 2.47. The summed E-state index contributed by atoms with van der Waals surface area (Å²) in [4.78, 5) is 12.0. The molecule has 2 N–H and O–H groups in total. The van der Waals surface area contributed by atoms with E-state index in [0.717, 1.165) is 24.9 Å². The van der Waals surface area contributed by atoms with E-state index < -0.39 is 0 Å². The lowest BCUT2D eigenvalue weighted by Crippen LogP contribution is -2.23. The topological polar surface area (TPSA) is 58.6 Å². The van der Waals surface area contributed by atoms with Crippen LogP contribution >= 0.6 is 0 Å². The van der Waals surface area contributed by atoms with Gasteiger partial charge in [-0.25, -0.2) is 0 Å². The van der Waals surface area contributed by atoms with E-state index in [2.05, 4.69) is 17.5 Å². The van der Waals surface area contributed by atoms with Crippen LogP contribution in [0.4, 0.5) is 5.69 Å². The maximum atomic E-state index is 12.0. The first-order chi connectivity index (χ1) is 9.29. The van der Waals surface area contributed by atoms with Crippen LogP contribution in [0.2, 0.25) is 0 Å². The SMILES string of the molecule is O=C(Nc1ccc(OCCO)cc1)C1CC=CCC1. The smallest absolute Gasteiger partial charge is 0.227 e. The van der Waals surface area contributed by atoms with Crippen LogP contribution in [0.5, 0.6) is 5.75 Å². The van der Waals surface area contributed by atoms with Crippen molar-refractivity contribution in [3.63, 3.8) is 0 Å². The Balaban J connectivity index is 1.88.